The maximum absolute atomic E-state index is 13.2. The van der Waals surface area contributed by atoms with Crippen molar-refractivity contribution in [3.63, 3.8) is 0 Å². The van der Waals surface area contributed by atoms with Crippen molar-refractivity contribution in [1.82, 2.24) is 4.90 Å². The number of anilines is 1. The summed E-state index contributed by atoms with van der Waals surface area (Å²) >= 11 is 1.08. The lowest BCUT2D eigenvalue weighted by Crippen LogP contribution is -2.46. The van der Waals surface area contributed by atoms with E-state index in [9.17, 15) is 22.8 Å². The Kier molecular flexibility index (Phi) is 7.79. The number of rotatable bonds is 6. The van der Waals surface area contributed by atoms with E-state index in [-0.39, 0.29) is 29.1 Å². The van der Waals surface area contributed by atoms with Gasteiger partial charge in [-0.15, -0.1) is 0 Å². The summed E-state index contributed by atoms with van der Waals surface area (Å²) in [5.74, 6) is -0.668. The lowest BCUT2D eigenvalue weighted by molar-refractivity contribution is -0.137. The Labute approximate surface area is 211 Å². The Hall–Kier alpha value is -3.59. The molecule has 3 aromatic rings. The minimum absolute atomic E-state index is 0.0429. The lowest BCUT2D eigenvalue weighted by Gasteiger charge is -2.32. The van der Waals surface area contributed by atoms with Crippen molar-refractivity contribution in [2.75, 3.05) is 11.9 Å². The minimum atomic E-state index is -4.52. The van der Waals surface area contributed by atoms with Gasteiger partial charge in [-0.3, -0.25) is 14.5 Å². The number of benzene rings is 3. The number of hydrogen-bond acceptors (Lipinski definition) is 4. The molecule has 0 saturated carbocycles. The fraction of sp³-hybridized carbons (Fsp3) is 0.222. The Morgan fingerprint density at radius 2 is 1.81 bits per heavy atom. The van der Waals surface area contributed by atoms with Crippen LogP contribution >= 0.6 is 11.8 Å². The van der Waals surface area contributed by atoms with Gasteiger partial charge in [0.1, 0.15) is 5.25 Å². The van der Waals surface area contributed by atoms with Gasteiger partial charge in [-0.1, -0.05) is 60.3 Å². The molecule has 0 aliphatic carbocycles. The first-order valence-electron chi connectivity index (χ1n) is 11.3. The zero-order valence-corrected chi connectivity index (χ0v) is 20.3. The average Bonchev–Trinajstić information content (AvgIpc) is 2.84. The molecule has 5 nitrogen and oxygen atoms in total. The summed E-state index contributed by atoms with van der Waals surface area (Å²) in [7, 11) is 0. The van der Waals surface area contributed by atoms with Gasteiger partial charge < -0.3 is 5.32 Å². The zero-order valence-electron chi connectivity index (χ0n) is 19.5. The molecule has 1 aliphatic heterocycles. The van der Waals surface area contributed by atoms with Gasteiger partial charge in [-0.05, 0) is 54.8 Å². The van der Waals surface area contributed by atoms with E-state index >= 15 is 0 Å². The van der Waals surface area contributed by atoms with E-state index in [1.165, 1.54) is 17.0 Å². The van der Waals surface area contributed by atoms with Gasteiger partial charge in [-0.25, -0.2) is 4.99 Å². The number of amidine groups is 1. The second-order valence-corrected chi connectivity index (χ2v) is 9.56. The first-order valence-corrected chi connectivity index (χ1v) is 12.2. The van der Waals surface area contributed by atoms with Crippen LogP contribution in [0.1, 0.15) is 23.1 Å². The van der Waals surface area contributed by atoms with Crippen LogP contribution in [0.5, 0.6) is 0 Å². The maximum atomic E-state index is 13.2. The van der Waals surface area contributed by atoms with Crippen LogP contribution in [0.15, 0.2) is 83.9 Å². The third-order valence-electron chi connectivity index (χ3n) is 5.58. The van der Waals surface area contributed by atoms with Crippen LogP contribution < -0.4 is 5.32 Å². The molecule has 0 aromatic heterocycles. The SMILES string of the molecule is Cc1cccc(NC(=O)C2CC(=O)N(CCc3ccccc3)C(=Nc3cccc(C(F)(F)F)c3)S2)c1. The molecular weight excluding hydrogens is 487 g/mol. The molecule has 3 aromatic carbocycles. The van der Waals surface area contributed by atoms with E-state index in [0.717, 1.165) is 35.0 Å². The molecule has 2 amide bonds. The monoisotopic (exact) mass is 511 g/mol. The van der Waals surface area contributed by atoms with Crippen molar-refractivity contribution in [1.29, 1.82) is 0 Å². The van der Waals surface area contributed by atoms with Gasteiger partial charge in [0.25, 0.3) is 0 Å². The van der Waals surface area contributed by atoms with Crippen LogP contribution in [0.2, 0.25) is 0 Å². The summed E-state index contributed by atoms with van der Waals surface area (Å²) in [4.78, 5) is 32.0. The maximum Gasteiger partial charge on any atom is 0.416 e. The van der Waals surface area contributed by atoms with Crippen molar-refractivity contribution in [2.45, 2.75) is 31.2 Å². The van der Waals surface area contributed by atoms with Gasteiger partial charge >= 0.3 is 6.18 Å². The predicted octanol–water partition coefficient (Wildman–Crippen LogP) is 6.22. The van der Waals surface area contributed by atoms with Crippen LogP contribution in [0, 0.1) is 6.92 Å². The lowest BCUT2D eigenvalue weighted by atomic mass is 10.1. The number of carbonyl (C=O) groups is 2. The second-order valence-electron chi connectivity index (χ2n) is 8.39. The Bertz CT molecular complexity index is 1280. The first-order chi connectivity index (χ1) is 17.2. The Balaban J connectivity index is 1.60. The summed E-state index contributed by atoms with van der Waals surface area (Å²) < 4.78 is 39.7. The number of halogens is 3. The number of aryl methyl sites for hydroxylation is 1. The molecule has 0 bridgehead atoms. The highest BCUT2D eigenvalue weighted by atomic mass is 32.2. The third kappa shape index (κ3) is 6.54. The van der Waals surface area contributed by atoms with E-state index in [4.69, 9.17) is 0 Å². The Morgan fingerprint density at radius 1 is 1.06 bits per heavy atom. The number of thioether (sulfide) groups is 1. The van der Waals surface area contributed by atoms with Gasteiger partial charge in [0.15, 0.2) is 5.17 Å². The van der Waals surface area contributed by atoms with Crippen molar-refractivity contribution in [3.05, 3.63) is 95.6 Å². The summed E-state index contributed by atoms with van der Waals surface area (Å²) in [6.45, 7) is 2.19. The van der Waals surface area contributed by atoms with Crippen molar-refractivity contribution in [3.8, 4) is 0 Å². The minimum Gasteiger partial charge on any atom is -0.325 e. The van der Waals surface area contributed by atoms with Crippen molar-refractivity contribution < 1.29 is 22.8 Å². The molecule has 1 fully saturated rings. The molecule has 1 heterocycles. The number of alkyl halides is 3. The number of hydrogen-bond donors (Lipinski definition) is 1. The first kappa shape index (κ1) is 25.5. The molecule has 4 rings (SSSR count). The third-order valence-corrected chi connectivity index (χ3v) is 6.77. The molecule has 0 radical (unpaired) electrons. The van der Waals surface area contributed by atoms with E-state index in [2.05, 4.69) is 10.3 Å². The molecule has 9 heteroatoms. The van der Waals surface area contributed by atoms with E-state index in [0.29, 0.717) is 18.7 Å². The fourth-order valence-electron chi connectivity index (χ4n) is 3.75. The largest absolute Gasteiger partial charge is 0.416 e. The van der Waals surface area contributed by atoms with Crippen LogP contribution in [-0.2, 0) is 22.2 Å². The summed E-state index contributed by atoms with van der Waals surface area (Å²) in [5, 5.41) is 2.26. The second kappa shape index (κ2) is 11.0. The number of amides is 2. The molecular formula is C27H24F3N3O2S. The summed E-state index contributed by atoms with van der Waals surface area (Å²) in [6.07, 6.45) is -4.03. The highest BCUT2D eigenvalue weighted by Gasteiger charge is 2.36. The molecule has 1 atom stereocenters. The van der Waals surface area contributed by atoms with Gasteiger partial charge in [0.05, 0.1) is 11.3 Å². The zero-order chi connectivity index (χ0) is 25.7. The molecule has 1 saturated heterocycles. The molecule has 186 valence electrons. The van der Waals surface area contributed by atoms with Crippen molar-refractivity contribution in [2.24, 2.45) is 4.99 Å². The van der Waals surface area contributed by atoms with E-state index in [1.54, 1.807) is 6.07 Å². The van der Waals surface area contributed by atoms with E-state index < -0.39 is 17.0 Å². The van der Waals surface area contributed by atoms with E-state index in [1.807, 2.05) is 55.5 Å². The summed E-state index contributed by atoms with van der Waals surface area (Å²) in [5.41, 5.74) is 1.81. The number of nitrogens with zero attached hydrogens (tertiary/aromatic N) is 2. The standard InChI is InChI=1S/C27H24F3N3O2S/c1-18-7-5-11-21(15-18)31-25(35)23-17-24(34)33(14-13-19-8-3-2-4-9-19)26(36-23)32-22-12-6-10-20(16-22)27(28,29)30/h2-12,15-16,23H,13-14,17H2,1H3,(H,31,35). The van der Waals surface area contributed by atoms with Gasteiger partial charge in [0.2, 0.25) is 11.8 Å². The molecule has 0 spiro atoms. The predicted molar refractivity (Wildman–Crippen MR) is 136 cm³/mol. The molecule has 1 aliphatic rings. The smallest absolute Gasteiger partial charge is 0.325 e. The van der Waals surface area contributed by atoms with Crippen LogP contribution in [0.4, 0.5) is 24.5 Å². The Morgan fingerprint density at radius 3 is 2.53 bits per heavy atom. The molecule has 1 N–H and O–H groups in total. The number of carbonyl (C=O) groups excluding carboxylic acids is 2. The molecule has 36 heavy (non-hydrogen) atoms. The van der Waals surface area contributed by atoms with Gasteiger partial charge in [-0.2, -0.15) is 13.2 Å². The highest BCUT2D eigenvalue weighted by Crippen LogP contribution is 2.34. The molecule has 1 unspecified atom stereocenters. The normalized spacial score (nSPS) is 17.3. The van der Waals surface area contributed by atoms with Crippen LogP contribution in [-0.4, -0.2) is 33.7 Å². The van der Waals surface area contributed by atoms with Gasteiger partial charge in [0, 0.05) is 18.7 Å². The van der Waals surface area contributed by atoms with Crippen LogP contribution in [0.25, 0.3) is 0 Å². The quantitative estimate of drug-likeness (QED) is 0.428. The summed E-state index contributed by atoms with van der Waals surface area (Å²) in [6, 6.07) is 21.5. The van der Waals surface area contributed by atoms with Crippen molar-refractivity contribution >= 4 is 40.1 Å². The topological polar surface area (TPSA) is 61.8 Å². The number of aliphatic imine (C=N–C) groups is 1. The highest BCUT2D eigenvalue weighted by molar-refractivity contribution is 8.15. The average molecular weight is 512 g/mol. The van der Waals surface area contributed by atoms with Crippen LogP contribution in [0.3, 0.4) is 0 Å². The fourth-order valence-corrected chi connectivity index (χ4v) is 4.88. The number of nitrogens with one attached hydrogen (secondary N) is 1.